The lowest BCUT2D eigenvalue weighted by molar-refractivity contribution is 0.244. The van der Waals surface area contributed by atoms with E-state index in [1.165, 1.54) is 7.11 Å². The lowest BCUT2D eigenvalue weighted by atomic mass is 10.1. The number of nitrogens with zero attached hydrogens (tertiary/aromatic N) is 1. The van der Waals surface area contributed by atoms with Gasteiger partial charge in [-0.1, -0.05) is 11.6 Å². The zero-order chi connectivity index (χ0) is 13.0. The maximum Gasteiger partial charge on any atom is 0.161 e. The Bertz CT molecular complexity index is 406. The number of piperazine rings is 1. The normalized spacial score (nSPS) is 16.8. The number of halogens is 1. The number of ether oxygens (including phenoxy) is 1. The minimum absolute atomic E-state index is 0.150. The highest BCUT2D eigenvalue weighted by atomic mass is 35.5. The number of nitrogens with one attached hydrogen (secondary N) is 1. The summed E-state index contributed by atoms with van der Waals surface area (Å²) in [6.07, 6.45) is 0.844. The molecule has 1 aliphatic heterocycles. The van der Waals surface area contributed by atoms with Crippen molar-refractivity contribution in [2.24, 2.45) is 0 Å². The van der Waals surface area contributed by atoms with Crippen LogP contribution in [0.25, 0.3) is 0 Å². The molecule has 18 heavy (non-hydrogen) atoms. The molecule has 1 aliphatic rings. The average Bonchev–Trinajstić information content (AvgIpc) is 2.40. The predicted octanol–water partition coefficient (Wildman–Crippen LogP) is 1.50. The maximum atomic E-state index is 9.75. The molecule has 0 unspecified atom stereocenters. The fourth-order valence-corrected chi connectivity index (χ4v) is 2.40. The second-order valence-corrected chi connectivity index (χ2v) is 4.86. The maximum absolute atomic E-state index is 9.75. The van der Waals surface area contributed by atoms with Crippen LogP contribution in [-0.2, 0) is 6.42 Å². The first-order chi connectivity index (χ1) is 8.70. The summed E-state index contributed by atoms with van der Waals surface area (Å²) in [5.74, 6) is 0.572. The van der Waals surface area contributed by atoms with Gasteiger partial charge in [0.2, 0.25) is 0 Å². The van der Waals surface area contributed by atoms with Crippen molar-refractivity contribution in [3.63, 3.8) is 0 Å². The quantitative estimate of drug-likeness (QED) is 0.870. The van der Waals surface area contributed by atoms with Gasteiger partial charge < -0.3 is 20.1 Å². The Morgan fingerprint density at radius 2 is 2.11 bits per heavy atom. The Hall–Kier alpha value is -0.970. The monoisotopic (exact) mass is 270 g/mol. The van der Waals surface area contributed by atoms with Gasteiger partial charge in [-0.2, -0.15) is 0 Å². The van der Waals surface area contributed by atoms with Crippen molar-refractivity contribution in [3.05, 3.63) is 22.7 Å². The molecule has 100 valence electrons. The summed E-state index contributed by atoms with van der Waals surface area (Å²) < 4.78 is 5.02. The third-order valence-corrected chi connectivity index (χ3v) is 3.61. The van der Waals surface area contributed by atoms with E-state index in [1.807, 2.05) is 0 Å². The summed E-state index contributed by atoms with van der Waals surface area (Å²) in [6, 6.07) is 3.37. The highest BCUT2D eigenvalue weighted by Gasteiger charge is 2.12. The number of hydrogen-bond acceptors (Lipinski definition) is 4. The van der Waals surface area contributed by atoms with Crippen molar-refractivity contribution < 1.29 is 9.84 Å². The number of methoxy groups -OCH3 is 1. The smallest absolute Gasteiger partial charge is 0.161 e. The molecule has 0 atom stereocenters. The van der Waals surface area contributed by atoms with Crippen molar-refractivity contribution >= 4 is 11.6 Å². The number of phenols is 1. The predicted molar refractivity (Wildman–Crippen MR) is 72.7 cm³/mol. The van der Waals surface area contributed by atoms with Crippen LogP contribution in [0.15, 0.2) is 12.1 Å². The SMILES string of the molecule is COc1cc(Cl)c(CCN2CCNCC2)cc1O. The third-order valence-electron chi connectivity index (χ3n) is 3.25. The molecule has 5 heteroatoms. The summed E-state index contributed by atoms with van der Waals surface area (Å²) in [5.41, 5.74) is 0.966. The molecule has 0 aliphatic carbocycles. The second-order valence-electron chi connectivity index (χ2n) is 4.46. The molecule has 1 aromatic rings. The van der Waals surface area contributed by atoms with E-state index in [4.69, 9.17) is 16.3 Å². The van der Waals surface area contributed by atoms with Gasteiger partial charge >= 0.3 is 0 Å². The van der Waals surface area contributed by atoms with Crippen molar-refractivity contribution in [1.82, 2.24) is 10.2 Å². The zero-order valence-corrected chi connectivity index (χ0v) is 11.3. The zero-order valence-electron chi connectivity index (χ0n) is 10.6. The van der Waals surface area contributed by atoms with Gasteiger partial charge in [-0.15, -0.1) is 0 Å². The first kappa shape index (κ1) is 13.5. The van der Waals surface area contributed by atoms with Gasteiger partial charge in [0.05, 0.1) is 7.11 Å². The standard InChI is InChI=1S/C13H19ClN2O2/c1-18-13-9-11(14)10(8-12(13)17)2-5-16-6-3-15-4-7-16/h8-9,15,17H,2-7H2,1H3. The number of aromatic hydroxyl groups is 1. The molecule has 0 amide bonds. The number of hydrogen-bond donors (Lipinski definition) is 2. The van der Waals surface area contributed by atoms with Crippen LogP contribution in [0.4, 0.5) is 0 Å². The third kappa shape index (κ3) is 3.28. The minimum atomic E-state index is 0.150. The molecule has 0 bridgehead atoms. The van der Waals surface area contributed by atoms with Crippen molar-refractivity contribution in [3.8, 4) is 11.5 Å². The number of rotatable bonds is 4. The van der Waals surface area contributed by atoms with Crippen LogP contribution in [0.1, 0.15) is 5.56 Å². The lowest BCUT2D eigenvalue weighted by Crippen LogP contribution is -2.44. The molecule has 4 nitrogen and oxygen atoms in total. The van der Waals surface area contributed by atoms with E-state index in [2.05, 4.69) is 10.2 Å². The molecule has 1 heterocycles. The molecule has 0 saturated carbocycles. The Kier molecular flexibility index (Phi) is 4.69. The molecule has 1 saturated heterocycles. The molecule has 0 aromatic heterocycles. The molecule has 0 radical (unpaired) electrons. The van der Waals surface area contributed by atoms with Gasteiger partial charge in [-0.25, -0.2) is 0 Å². The van der Waals surface area contributed by atoms with Crippen LogP contribution in [0.3, 0.4) is 0 Å². The summed E-state index contributed by atoms with van der Waals surface area (Å²) in [4.78, 5) is 2.40. The van der Waals surface area contributed by atoms with E-state index in [0.717, 1.165) is 44.7 Å². The van der Waals surface area contributed by atoms with E-state index in [1.54, 1.807) is 12.1 Å². The van der Waals surface area contributed by atoms with Crippen LogP contribution in [0.2, 0.25) is 5.02 Å². The van der Waals surface area contributed by atoms with Crippen molar-refractivity contribution in [2.75, 3.05) is 39.8 Å². The molecular weight excluding hydrogens is 252 g/mol. The Morgan fingerprint density at radius 3 is 2.78 bits per heavy atom. The molecule has 2 rings (SSSR count). The van der Waals surface area contributed by atoms with E-state index in [9.17, 15) is 5.11 Å². The topological polar surface area (TPSA) is 44.7 Å². The summed E-state index contributed by atoms with van der Waals surface area (Å²) in [7, 11) is 1.52. The Morgan fingerprint density at radius 1 is 1.39 bits per heavy atom. The molecule has 1 aromatic carbocycles. The Labute approximate surface area is 113 Å². The first-order valence-electron chi connectivity index (χ1n) is 6.19. The highest BCUT2D eigenvalue weighted by molar-refractivity contribution is 6.31. The van der Waals surface area contributed by atoms with Crippen molar-refractivity contribution in [1.29, 1.82) is 0 Å². The van der Waals surface area contributed by atoms with E-state index in [0.29, 0.717) is 10.8 Å². The van der Waals surface area contributed by atoms with Gasteiger partial charge in [-0.05, 0) is 18.1 Å². The van der Waals surface area contributed by atoms with Crippen LogP contribution in [0, 0.1) is 0 Å². The average molecular weight is 271 g/mol. The second kappa shape index (κ2) is 6.27. The van der Waals surface area contributed by atoms with Crippen LogP contribution < -0.4 is 10.1 Å². The van der Waals surface area contributed by atoms with E-state index in [-0.39, 0.29) is 5.75 Å². The summed E-state index contributed by atoms with van der Waals surface area (Å²) in [5, 5.41) is 13.7. The molecular formula is C13H19ClN2O2. The van der Waals surface area contributed by atoms with Gasteiger partial charge in [0, 0.05) is 43.8 Å². The summed E-state index contributed by atoms with van der Waals surface area (Å²) in [6.45, 7) is 5.19. The lowest BCUT2D eigenvalue weighted by Gasteiger charge is -2.27. The van der Waals surface area contributed by atoms with Crippen LogP contribution >= 0.6 is 11.6 Å². The summed E-state index contributed by atoms with van der Waals surface area (Å²) >= 11 is 6.18. The van der Waals surface area contributed by atoms with Crippen LogP contribution in [0.5, 0.6) is 11.5 Å². The van der Waals surface area contributed by atoms with Gasteiger partial charge in [0.25, 0.3) is 0 Å². The molecule has 1 fully saturated rings. The fraction of sp³-hybridized carbons (Fsp3) is 0.538. The minimum Gasteiger partial charge on any atom is -0.504 e. The van der Waals surface area contributed by atoms with E-state index >= 15 is 0 Å². The van der Waals surface area contributed by atoms with Gasteiger partial charge in [0.15, 0.2) is 11.5 Å². The van der Waals surface area contributed by atoms with Crippen LogP contribution in [-0.4, -0.2) is 49.8 Å². The number of phenolic OH excluding ortho intramolecular Hbond substituents is 1. The molecule has 0 spiro atoms. The van der Waals surface area contributed by atoms with Crippen molar-refractivity contribution in [2.45, 2.75) is 6.42 Å². The first-order valence-corrected chi connectivity index (χ1v) is 6.57. The molecule has 2 N–H and O–H groups in total. The number of benzene rings is 1. The fourth-order valence-electron chi connectivity index (χ4n) is 2.16. The van der Waals surface area contributed by atoms with Gasteiger partial charge in [0.1, 0.15) is 0 Å². The van der Waals surface area contributed by atoms with E-state index < -0.39 is 0 Å². The Balaban J connectivity index is 1.98. The van der Waals surface area contributed by atoms with Gasteiger partial charge in [-0.3, -0.25) is 0 Å². The highest BCUT2D eigenvalue weighted by Crippen LogP contribution is 2.32. The largest absolute Gasteiger partial charge is 0.504 e.